The molecule has 0 aliphatic rings. The Balaban J connectivity index is 1.40. The molecule has 0 N–H and O–H groups in total. The number of hydrogen-bond donors (Lipinski definition) is 0. The lowest BCUT2D eigenvalue weighted by molar-refractivity contribution is 0.125. The Morgan fingerprint density at radius 3 is 2.80 bits per heavy atom. The topological polar surface area (TPSA) is 82.5 Å². The normalized spacial score (nSPS) is 11.7. The summed E-state index contributed by atoms with van der Waals surface area (Å²) < 4.78 is 16.5. The maximum atomic E-state index is 12.9. The molecule has 2 aromatic carbocycles. The van der Waals surface area contributed by atoms with Gasteiger partial charge in [0.25, 0.3) is 0 Å². The number of aromatic nitrogens is 6. The third kappa shape index (κ3) is 3.26. The fraction of sp³-hybridized carbons (Fsp3) is 0.0952. The molecule has 0 unspecified atom stereocenters. The van der Waals surface area contributed by atoms with Crippen LogP contribution in [0.15, 0.2) is 66.2 Å². The molecule has 0 atom stereocenters. The average Bonchev–Trinajstić information content (AvgIpc) is 3.36. The number of fused-ring (bicyclic) bond motifs is 3. The van der Waals surface area contributed by atoms with E-state index in [2.05, 4.69) is 25.4 Å². The number of rotatable bonds is 5. The van der Waals surface area contributed by atoms with Crippen LogP contribution in [-0.4, -0.2) is 35.6 Å². The Labute approximate surface area is 170 Å². The van der Waals surface area contributed by atoms with E-state index in [9.17, 15) is 4.39 Å². The average molecular weight is 401 g/mol. The van der Waals surface area contributed by atoms with Crippen LogP contribution in [0.25, 0.3) is 22.4 Å². The quantitative estimate of drug-likeness (QED) is 0.333. The zero-order valence-electron chi connectivity index (χ0n) is 16.0. The number of hydrogen-bond acceptors (Lipinski definition) is 6. The fourth-order valence-electron chi connectivity index (χ4n) is 3.15. The van der Waals surface area contributed by atoms with Gasteiger partial charge in [0.2, 0.25) is 0 Å². The second kappa shape index (κ2) is 7.36. The Kier molecular flexibility index (Phi) is 4.40. The molecule has 0 radical (unpaired) electrons. The summed E-state index contributed by atoms with van der Waals surface area (Å²) in [4.78, 5) is 9.87. The highest BCUT2D eigenvalue weighted by atomic mass is 19.1. The van der Waals surface area contributed by atoms with Gasteiger partial charge in [-0.1, -0.05) is 29.4 Å². The van der Waals surface area contributed by atoms with E-state index in [0.29, 0.717) is 17.1 Å². The van der Waals surface area contributed by atoms with Crippen LogP contribution < -0.4 is 0 Å². The van der Waals surface area contributed by atoms with Crippen LogP contribution in [0.5, 0.6) is 0 Å². The molecule has 0 saturated heterocycles. The predicted molar refractivity (Wildman–Crippen MR) is 109 cm³/mol. The first kappa shape index (κ1) is 17.9. The van der Waals surface area contributed by atoms with Crippen molar-refractivity contribution in [2.45, 2.75) is 13.5 Å². The number of benzene rings is 2. The molecule has 5 rings (SSSR count). The summed E-state index contributed by atoms with van der Waals surface area (Å²) in [5.74, 6) is 0.256. The summed E-state index contributed by atoms with van der Waals surface area (Å²) in [5, 5.41) is 17.6. The zero-order chi connectivity index (χ0) is 20.5. The highest BCUT2D eigenvalue weighted by Crippen LogP contribution is 2.20. The van der Waals surface area contributed by atoms with Crippen LogP contribution in [0.1, 0.15) is 17.0 Å². The van der Waals surface area contributed by atoms with Gasteiger partial charge in [0, 0.05) is 0 Å². The van der Waals surface area contributed by atoms with Gasteiger partial charge in [-0.3, -0.25) is 4.40 Å². The third-order valence-corrected chi connectivity index (χ3v) is 4.63. The van der Waals surface area contributed by atoms with Crippen LogP contribution in [0.4, 0.5) is 4.39 Å². The Bertz CT molecular complexity index is 1370. The molecule has 8 nitrogen and oxygen atoms in total. The monoisotopic (exact) mass is 401 g/mol. The van der Waals surface area contributed by atoms with Crippen LogP contribution in [0.2, 0.25) is 0 Å². The second-order valence-corrected chi connectivity index (χ2v) is 6.75. The van der Waals surface area contributed by atoms with Gasteiger partial charge in [0.1, 0.15) is 12.1 Å². The van der Waals surface area contributed by atoms with Crippen LogP contribution in [0.3, 0.4) is 0 Å². The molecule has 9 heteroatoms. The summed E-state index contributed by atoms with van der Waals surface area (Å²) in [6.45, 7) is 2.14. The molecular formula is C21H16FN7O. The molecule has 0 saturated carbocycles. The van der Waals surface area contributed by atoms with Gasteiger partial charge in [0.15, 0.2) is 23.7 Å². The standard InChI is InChI=1S/C21H16FN7O/c1-14-3-2-4-17(9-14)29-20-18(11-24-29)21-27-26-19(28(21)13-23-20)12-30-25-10-15-5-7-16(22)8-6-15/h2-11,13H,12H2,1H3. The molecule has 0 spiro atoms. The van der Waals surface area contributed by atoms with Gasteiger partial charge >= 0.3 is 0 Å². The van der Waals surface area contributed by atoms with Crippen molar-refractivity contribution < 1.29 is 9.23 Å². The molecular weight excluding hydrogens is 385 g/mol. The van der Waals surface area contributed by atoms with E-state index in [1.165, 1.54) is 18.3 Å². The lowest BCUT2D eigenvalue weighted by Gasteiger charge is -2.04. The van der Waals surface area contributed by atoms with Crippen LogP contribution in [0, 0.1) is 12.7 Å². The molecule has 0 amide bonds. The minimum atomic E-state index is -0.299. The van der Waals surface area contributed by atoms with Gasteiger partial charge in [-0.2, -0.15) is 5.10 Å². The minimum absolute atomic E-state index is 0.109. The highest BCUT2D eigenvalue weighted by Gasteiger charge is 2.14. The van der Waals surface area contributed by atoms with E-state index in [4.69, 9.17) is 4.84 Å². The largest absolute Gasteiger partial charge is 0.388 e. The number of oxime groups is 1. The van der Waals surface area contributed by atoms with E-state index in [0.717, 1.165) is 22.2 Å². The summed E-state index contributed by atoms with van der Waals surface area (Å²) in [7, 11) is 0. The fourth-order valence-corrected chi connectivity index (χ4v) is 3.15. The molecule has 3 aromatic heterocycles. The summed E-state index contributed by atoms with van der Waals surface area (Å²) >= 11 is 0. The van der Waals surface area contributed by atoms with Crippen LogP contribution in [-0.2, 0) is 11.4 Å². The molecule has 0 aliphatic carbocycles. The minimum Gasteiger partial charge on any atom is -0.388 e. The lowest BCUT2D eigenvalue weighted by atomic mass is 10.2. The smallest absolute Gasteiger partial charge is 0.179 e. The molecule has 0 bridgehead atoms. The van der Waals surface area contributed by atoms with Crippen molar-refractivity contribution in [1.29, 1.82) is 0 Å². The first-order valence-electron chi connectivity index (χ1n) is 9.23. The summed E-state index contributed by atoms with van der Waals surface area (Å²) in [6.07, 6.45) is 4.88. The molecule has 0 aliphatic heterocycles. The Morgan fingerprint density at radius 1 is 1.10 bits per heavy atom. The first-order valence-corrected chi connectivity index (χ1v) is 9.23. The van der Waals surface area contributed by atoms with Gasteiger partial charge in [-0.15, -0.1) is 10.2 Å². The van der Waals surface area contributed by atoms with E-state index < -0.39 is 0 Å². The van der Waals surface area contributed by atoms with Gasteiger partial charge in [0.05, 0.1) is 23.5 Å². The molecule has 5 aromatic rings. The number of halogens is 1. The molecule has 3 heterocycles. The number of nitrogens with zero attached hydrogens (tertiary/aromatic N) is 7. The van der Waals surface area contributed by atoms with Crippen molar-refractivity contribution in [3.05, 3.63) is 83.8 Å². The zero-order valence-corrected chi connectivity index (χ0v) is 16.0. The van der Waals surface area contributed by atoms with Crippen molar-refractivity contribution >= 4 is 22.9 Å². The predicted octanol–water partition coefficient (Wildman–Crippen LogP) is 3.46. The Morgan fingerprint density at radius 2 is 1.97 bits per heavy atom. The summed E-state index contributed by atoms with van der Waals surface area (Å²) in [6, 6.07) is 14.0. The van der Waals surface area contributed by atoms with E-state index in [1.807, 2.05) is 31.2 Å². The van der Waals surface area contributed by atoms with Crippen LogP contribution >= 0.6 is 0 Å². The van der Waals surface area contributed by atoms with Gasteiger partial charge in [-0.25, -0.2) is 14.1 Å². The van der Waals surface area contributed by atoms with Gasteiger partial charge in [-0.05, 0) is 42.3 Å². The maximum absolute atomic E-state index is 12.9. The van der Waals surface area contributed by atoms with Gasteiger partial charge < -0.3 is 4.84 Å². The van der Waals surface area contributed by atoms with Crippen molar-refractivity contribution in [2.24, 2.45) is 5.16 Å². The van der Waals surface area contributed by atoms with Crippen molar-refractivity contribution in [2.75, 3.05) is 0 Å². The second-order valence-electron chi connectivity index (χ2n) is 6.75. The molecule has 148 valence electrons. The highest BCUT2D eigenvalue weighted by molar-refractivity contribution is 5.89. The third-order valence-electron chi connectivity index (χ3n) is 4.63. The van der Waals surface area contributed by atoms with Crippen molar-refractivity contribution in [3.63, 3.8) is 0 Å². The van der Waals surface area contributed by atoms with E-state index in [-0.39, 0.29) is 12.4 Å². The van der Waals surface area contributed by atoms with E-state index in [1.54, 1.807) is 33.7 Å². The lowest BCUT2D eigenvalue weighted by Crippen LogP contribution is -2.00. The van der Waals surface area contributed by atoms with E-state index >= 15 is 0 Å². The van der Waals surface area contributed by atoms with Crippen molar-refractivity contribution in [3.8, 4) is 5.69 Å². The van der Waals surface area contributed by atoms with Crippen molar-refractivity contribution in [1.82, 2.24) is 29.4 Å². The Hall–Kier alpha value is -4.14. The summed E-state index contributed by atoms with van der Waals surface area (Å²) in [5.41, 5.74) is 4.14. The SMILES string of the molecule is Cc1cccc(-n2ncc3c2ncn2c(CON=Cc4ccc(F)cc4)nnc32)c1. The maximum Gasteiger partial charge on any atom is 0.179 e. The molecule has 0 fully saturated rings. The number of aryl methyl sites for hydroxylation is 1. The molecule has 30 heavy (non-hydrogen) atoms. The first-order chi connectivity index (χ1) is 14.7.